The van der Waals surface area contributed by atoms with Gasteiger partial charge in [-0.25, -0.2) is 4.39 Å². The van der Waals surface area contributed by atoms with Gasteiger partial charge in [-0.2, -0.15) is 0 Å². The first-order chi connectivity index (χ1) is 8.16. The van der Waals surface area contributed by atoms with Crippen LogP contribution in [0.1, 0.15) is 38.2 Å². The van der Waals surface area contributed by atoms with Gasteiger partial charge in [0, 0.05) is 17.1 Å². The molecule has 0 heterocycles. The van der Waals surface area contributed by atoms with Gasteiger partial charge in [0.15, 0.2) is 0 Å². The smallest absolute Gasteiger partial charge is 0.123 e. The van der Waals surface area contributed by atoms with Crippen LogP contribution in [-0.4, -0.2) is 6.04 Å². The molecule has 1 N–H and O–H groups in total. The van der Waals surface area contributed by atoms with E-state index >= 15 is 0 Å². The molecular weight excluding hydrogens is 281 g/mol. The number of hydrogen-bond donors (Lipinski definition) is 1. The molecule has 1 aromatic rings. The molecule has 0 amide bonds. The average Bonchev–Trinajstić information content (AvgIpc) is 2.32. The monoisotopic (exact) mass is 299 g/mol. The molecule has 0 bridgehead atoms. The number of hydrogen-bond acceptors (Lipinski definition) is 1. The second kappa shape index (κ2) is 5.96. The summed E-state index contributed by atoms with van der Waals surface area (Å²) in [6, 6.07) is 5.44. The second-order valence-electron chi connectivity index (χ2n) is 4.98. The van der Waals surface area contributed by atoms with Crippen molar-refractivity contribution in [2.24, 2.45) is 5.92 Å². The van der Waals surface area contributed by atoms with Gasteiger partial charge in [0.1, 0.15) is 5.82 Å². The van der Waals surface area contributed by atoms with Crippen LogP contribution in [0, 0.1) is 11.7 Å². The first kappa shape index (κ1) is 13.0. The molecule has 0 radical (unpaired) electrons. The van der Waals surface area contributed by atoms with Crippen LogP contribution in [0.3, 0.4) is 0 Å². The predicted molar refractivity (Wildman–Crippen MR) is 72.4 cm³/mol. The third-order valence-corrected chi connectivity index (χ3v) is 4.45. The molecule has 2 unspecified atom stereocenters. The molecule has 0 spiro atoms. The average molecular weight is 300 g/mol. The normalized spacial score (nSPS) is 24.9. The predicted octanol–water partition coefficient (Wildman–Crippen LogP) is 4.26. The maximum absolute atomic E-state index is 13.1. The number of halogens is 2. The Hall–Kier alpha value is -0.410. The highest BCUT2D eigenvalue weighted by atomic mass is 79.9. The lowest BCUT2D eigenvalue weighted by atomic mass is 9.86. The van der Waals surface area contributed by atoms with Gasteiger partial charge in [0.05, 0.1) is 0 Å². The minimum absolute atomic E-state index is 0.165. The first-order valence-corrected chi connectivity index (χ1v) is 7.13. The van der Waals surface area contributed by atoms with E-state index in [1.165, 1.54) is 31.7 Å². The van der Waals surface area contributed by atoms with Gasteiger partial charge in [0.2, 0.25) is 0 Å². The molecule has 2 atom stereocenters. The van der Waals surface area contributed by atoms with Crippen LogP contribution in [-0.2, 0) is 6.54 Å². The van der Waals surface area contributed by atoms with E-state index in [4.69, 9.17) is 0 Å². The van der Waals surface area contributed by atoms with Crippen LogP contribution >= 0.6 is 15.9 Å². The fraction of sp³-hybridized carbons (Fsp3) is 0.571. The van der Waals surface area contributed by atoms with Gasteiger partial charge >= 0.3 is 0 Å². The largest absolute Gasteiger partial charge is 0.310 e. The Morgan fingerprint density at radius 2 is 2.12 bits per heavy atom. The SMILES string of the molecule is CC1CCCCC1NCc1cc(F)ccc1Br. The molecule has 2 rings (SSSR count). The van der Waals surface area contributed by atoms with E-state index in [1.54, 1.807) is 12.1 Å². The van der Waals surface area contributed by atoms with Crippen molar-refractivity contribution in [1.29, 1.82) is 0 Å². The summed E-state index contributed by atoms with van der Waals surface area (Å²) in [5, 5.41) is 3.56. The Bertz CT molecular complexity index is 380. The highest BCUT2D eigenvalue weighted by molar-refractivity contribution is 9.10. The molecule has 1 aliphatic carbocycles. The highest BCUT2D eigenvalue weighted by Crippen LogP contribution is 2.25. The molecule has 1 aliphatic rings. The zero-order chi connectivity index (χ0) is 12.3. The number of benzene rings is 1. The van der Waals surface area contributed by atoms with E-state index in [0.29, 0.717) is 6.04 Å². The van der Waals surface area contributed by atoms with Crippen LogP contribution in [0.25, 0.3) is 0 Å². The Kier molecular flexibility index (Phi) is 4.57. The third kappa shape index (κ3) is 3.52. The topological polar surface area (TPSA) is 12.0 Å². The minimum Gasteiger partial charge on any atom is -0.310 e. The fourth-order valence-electron chi connectivity index (χ4n) is 2.54. The van der Waals surface area contributed by atoms with Crippen LogP contribution in [0.5, 0.6) is 0 Å². The second-order valence-corrected chi connectivity index (χ2v) is 5.84. The third-order valence-electron chi connectivity index (χ3n) is 3.67. The van der Waals surface area contributed by atoms with Crippen molar-refractivity contribution in [1.82, 2.24) is 5.32 Å². The van der Waals surface area contributed by atoms with Crippen LogP contribution in [0.15, 0.2) is 22.7 Å². The molecule has 1 aromatic carbocycles. The van der Waals surface area contributed by atoms with Gasteiger partial charge in [-0.05, 0) is 42.5 Å². The van der Waals surface area contributed by atoms with Gasteiger partial charge in [-0.3, -0.25) is 0 Å². The Labute approximate surface area is 111 Å². The van der Waals surface area contributed by atoms with Gasteiger partial charge in [0.25, 0.3) is 0 Å². The van der Waals surface area contributed by atoms with Crippen molar-refractivity contribution in [2.75, 3.05) is 0 Å². The van der Waals surface area contributed by atoms with Gasteiger partial charge < -0.3 is 5.32 Å². The van der Waals surface area contributed by atoms with E-state index in [9.17, 15) is 4.39 Å². The fourth-order valence-corrected chi connectivity index (χ4v) is 2.93. The zero-order valence-corrected chi connectivity index (χ0v) is 11.8. The summed E-state index contributed by atoms with van der Waals surface area (Å²) in [6.45, 7) is 3.05. The summed E-state index contributed by atoms with van der Waals surface area (Å²) in [6.07, 6.45) is 5.21. The molecular formula is C14H19BrFN. The van der Waals surface area contributed by atoms with Crippen molar-refractivity contribution in [3.63, 3.8) is 0 Å². The summed E-state index contributed by atoms with van der Waals surface area (Å²) in [4.78, 5) is 0. The van der Waals surface area contributed by atoms with Crippen LogP contribution in [0.2, 0.25) is 0 Å². The van der Waals surface area contributed by atoms with E-state index in [1.807, 2.05) is 0 Å². The molecule has 0 aromatic heterocycles. The lowest BCUT2D eigenvalue weighted by molar-refractivity contribution is 0.279. The van der Waals surface area contributed by atoms with Crippen LogP contribution in [0.4, 0.5) is 4.39 Å². The van der Waals surface area contributed by atoms with Crippen molar-refractivity contribution >= 4 is 15.9 Å². The summed E-state index contributed by atoms with van der Waals surface area (Å²) in [7, 11) is 0. The van der Waals surface area contributed by atoms with Gasteiger partial charge in [-0.15, -0.1) is 0 Å². The van der Waals surface area contributed by atoms with Crippen LogP contribution < -0.4 is 5.32 Å². The standard InChI is InChI=1S/C14H19BrFN/c1-10-4-2-3-5-14(10)17-9-11-8-12(16)6-7-13(11)15/h6-8,10,14,17H,2-5,9H2,1H3. The lowest BCUT2D eigenvalue weighted by Gasteiger charge is -2.29. The molecule has 17 heavy (non-hydrogen) atoms. The highest BCUT2D eigenvalue weighted by Gasteiger charge is 2.20. The van der Waals surface area contributed by atoms with E-state index in [0.717, 1.165) is 22.5 Å². The van der Waals surface area contributed by atoms with E-state index in [2.05, 4.69) is 28.2 Å². The maximum Gasteiger partial charge on any atom is 0.123 e. The Balaban J connectivity index is 1.94. The molecule has 0 aliphatic heterocycles. The summed E-state index contributed by atoms with van der Waals surface area (Å²) in [5.41, 5.74) is 1.00. The molecule has 3 heteroatoms. The van der Waals surface area contributed by atoms with E-state index < -0.39 is 0 Å². The van der Waals surface area contributed by atoms with Gasteiger partial charge in [-0.1, -0.05) is 35.7 Å². The Morgan fingerprint density at radius 1 is 1.35 bits per heavy atom. The molecule has 94 valence electrons. The summed E-state index contributed by atoms with van der Waals surface area (Å²) < 4.78 is 14.1. The first-order valence-electron chi connectivity index (χ1n) is 6.34. The zero-order valence-electron chi connectivity index (χ0n) is 10.2. The number of rotatable bonds is 3. The summed E-state index contributed by atoms with van der Waals surface area (Å²) >= 11 is 3.46. The maximum atomic E-state index is 13.1. The molecule has 1 saturated carbocycles. The molecule has 0 saturated heterocycles. The lowest BCUT2D eigenvalue weighted by Crippen LogP contribution is -2.36. The number of nitrogens with one attached hydrogen (secondary N) is 1. The quantitative estimate of drug-likeness (QED) is 0.879. The van der Waals surface area contributed by atoms with Crippen molar-refractivity contribution in [2.45, 2.75) is 45.2 Å². The summed E-state index contributed by atoms with van der Waals surface area (Å²) in [5.74, 6) is 0.567. The molecule has 1 nitrogen and oxygen atoms in total. The molecule has 1 fully saturated rings. The van der Waals surface area contributed by atoms with Crippen molar-refractivity contribution in [3.05, 3.63) is 34.1 Å². The van der Waals surface area contributed by atoms with Crippen molar-refractivity contribution in [3.8, 4) is 0 Å². The van der Waals surface area contributed by atoms with Crippen molar-refractivity contribution < 1.29 is 4.39 Å². The Morgan fingerprint density at radius 3 is 2.88 bits per heavy atom. The minimum atomic E-state index is -0.165. The van der Waals surface area contributed by atoms with E-state index in [-0.39, 0.29) is 5.82 Å².